The molecule has 3 aromatic rings. The summed E-state index contributed by atoms with van der Waals surface area (Å²) in [5.41, 5.74) is 9.57. The topological polar surface area (TPSA) is 51.8 Å². The number of aryl methyl sites for hydroxylation is 1. The number of nitrogens with zero attached hydrogens (tertiary/aromatic N) is 2. The average molecular weight is 267 g/mol. The molecule has 0 spiro atoms. The highest BCUT2D eigenvalue weighted by Gasteiger charge is 2.11. The van der Waals surface area contributed by atoms with E-state index in [1.807, 2.05) is 49.4 Å². The first-order valence-corrected chi connectivity index (χ1v) is 6.80. The summed E-state index contributed by atoms with van der Waals surface area (Å²) in [5, 5.41) is 0.949. The summed E-state index contributed by atoms with van der Waals surface area (Å²) in [6, 6.07) is 13.7. The molecule has 0 atom stereocenters. The zero-order valence-corrected chi connectivity index (χ0v) is 11.3. The Morgan fingerprint density at radius 2 is 1.84 bits per heavy atom. The molecule has 0 unspecified atom stereocenters. The van der Waals surface area contributed by atoms with E-state index in [4.69, 9.17) is 5.73 Å². The van der Waals surface area contributed by atoms with Crippen molar-refractivity contribution >= 4 is 17.0 Å². The van der Waals surface area contributed by atoms with Gasteiger partial charge in [0.15, 0.2) is 0 Å². The van der Waals surface area contributed by atoms with Crippen LogP contribution in [-0.4, -0.2) is 9.97 Å². The number of hydrogen-bond donors (Lipinski definition) is 1. The molecule has 3 rings (SSSR count). The third-order valence-corrected chi connectivity index (χ3v) is 4.08. The summed E-state index contributed by atoms with van der Waals surface area (Å²) in [6.45, 7) is 2.02. The van der Waals surface area contributed by atoms with E-state index in [0.717, 1.165) is 27.6 Å². The number of nitrogens with two attached hydrogens (primary N) is 1. The number of hydrogen-bond acceptors (Lipinski definition) is 4. The van der Waals surface area contributed by atoms with Crippen molar-refractivity contribution in [1.82, 2.24) is 9.97 Å². The Kier molecular flexibility index (Phi) is 3.01. The van der Waals surface area contributed by atoms with Crippen LogP contribution in [0, 0.1) is 6.92 Å². The van der Waals surface area contributed by atoms with Crippen molar-refractivity contribution in [1.29, 1.82) is 0 Å². The van der Waals surface area contributed by atoms with Crippen LogP contribution in [-0.2, 0) is 0 Å². The number of anilines is 1. The third kappa shape index (κ3) is 2.35. The zero-order chi connectivity index (χ0) is 13.2. The summed E-state index contributed by atoms with van der Waals surface area (Å²) in [7, 11) is 0. The summed E-state index contributed by atoms with van der Waals surface area (Å²) >= 11 is 1.66. The fourth-order valence-corrected chi connectivity index (χ4v) is 2.95. The molecule has 0 saturated carbocycles. The minimum atomic E-state index is 0.774. The Morgan fingerprint density at radius 3 is 2.53 bits per heavy atom. The summed E-state index contributed by atoms with van der Waals surface area (Å²) in [6.07, 6.45) is 1.79. The summed E-state index contributed by atoms with van der Waals surface area (Å²) in [4.78, 5) is 10.1. The zero-order valence-electron chi connectivity index (χ0n) is 10.5. The molecule has 0 bridgehead atoms. The Balaban J connectivity index is 2.05. The van der Waals surface area contributed by atoms with Gasteiger partial charge >= 0.3 is 0 Å². The number of pyridine rings is 1. The number of benzene rings is 1. The standard InChI is InChI=1S/C15H13N3S/c1-10-14(11-5-7-12(16)8-6-11)19-15(18-10)13-4-2-3-9-17-13/h2-9H,16H2,1H3. The lowest BCUT2D eigenvalue weighted by molar-refractivity contribution is 1.23. The smallest absolute Gasteiger partial charge is 0.142 e. The normalized spacial score (nSPS) is 10.6. The number of aromatic nitrogens is 2. The van der Waals surface area contributed by atoms with E-state index in [9.17, 15) is 0 Å². The van der Waals surface area contributed by atoms with E-state index in [1.54, 1.807) is 17.5 Å². The van der Waals surface area contributed by atoms with Gasteiger partial charge in [-0.1, -0.05) is 18.2 Å². The molecule has 3 nitrogen and oxygen atoms in total. The van der Waals surface area contributed by atoms with Gasteiger partial charge in [0.25, 0.3) is 0 Å². The minimum absolute atomic E-state index is 0.774. The molecule has 19 heavy (non-hydrogen) atoms. The predicted octanol–water partition coefficient (Wildman–Crippen LogP) is 3.76. The van der Waals surface area contributed by atoms with Gasteiger partial charge in [-0.3, -0.25) is 4.98 Å². The van der Waals surface area contributed by atoms with Crippen LogP contribution in [0.2, 0.25) is 0 Å². The Hall–Kier alpha value is -2.20. The van der Waals surface area contributed by atoms with Gasteiger partial charge in [0.05, 0.1) is 16.3 Å². The maximum absolute atomic E-state index is 5.72. The Labute approximate surface area is 115 Å². The second-order valence-corrected chi connectivity index (χ2v) is 5.27. The van der Waals surface area contributed by atoms with Gasteiger partial charge in [-0.05, 0) is 36.8 Å². The van der Waals surface area contributed by atoms with Crippen LogP contribution >= 0.6 is 11.3 Å². The first-order chi connectivity index (χ1) is 9.24. The lowest BCUT2D eigenvalue weighted by Crippen LogP contribution is -1.83. The van der Waals surface area contributed by atoms with Crippen molar-refractivity contribution in [2.45, 2.75) is 6.92 Å². The van der Waals surface area contributed by atoms with Crippen molar-refractivity contribution < 1.29 is 0 Å². The number of nitrogen functional groups attached to an aromatic ring is 1. The van der Waals surface area contributed by atoms with Crippen LogP contribution < -0.4 is 5.73 Å². The van der Waals surface area contributed by atoms with Gasteiger partial charge in [-0.25, -0.2) is 4.98 Å². The van der Waals surface area contributed by atoms with Gasteiger partial charge in [0, 0.05) is 11.9 Å². The molecule has 0 amide bonds. The molecule has 0 aliphatic carbocycles. The highest BCUT2D eigenvalue weighted by Crippen LogP contribution is 2.34. The quantitative estimate of drug-likeness (QED) is 0.719. The van der Waals surface area contributed by atoms with Gasteiger partial charge in [0.1, 0.15) is 5.01 Å². The average Bonchev–Trinajstić information content (AvgIpc) is 2.83. The van der Waals surface area contributed by atoms with Gasteiger partial charge in [-0.2, -0.15) is 0 Å². The molecule has 0 aliphatic heterocycles. The molecule has 0 radical (unpaired) electrons. The van der Waals surface area contributed by atoms with Crippen LogP contribution in [0.1, 0.15) is 5.69 Å². The van der Waals surface area contributed by atoms with Crippen LogP contribution in [0.25, 0.3) is 21.1 Å². The lowest BCUT2D eigenvalue weighted by Gasteiger charge is -1.98. The van der Waals surface area contributed by atoms with Crippen molar-refractivity contribution in [2.75, 3.05) is 5.73 Å². The molecule has 4 heteroatoms. The summed E-state index contributed by atoms with van der Waals surface area (Å²) in [5.74, 6) is 0. The van der Waals surface area contributed by atoms with Gasteiger partial charge in [-0.15, -0.1) is 11.3 Å². The molecule has 2 N–H and O–H groups in total. The monoisotopic (exact) mass is 267 g/mol. The first-order valence-electron chi connectivity index (χ1n) is 5.99. The number of thiazole rings is 1. The molecule has 2 aromatic heterocycles. The molecule has 2 heterocycles. The van der Waals surface area contributed by atoms with Crippen molar-refractivity contribution in [3.05, 3.63) is 54.4 Å². The highest BCUT2D eigenvalue weighted by molar-refractivity contribution is 7.18. The molecule has 0 aliphatic rings. The number of rotatable bonds is 2. The van der Waals surface area contributed by atoms with Crippen LogP contribution in [0.15, 0.2) is 48.7 Å². The van der Waals surface area contributed by atoms with E-state index >= 15 is 0 Å². The molecular weight excluding hydrogens is 254 g/mol. The fourth-order valence-electron chi connectivity index (χ4n) is 1.90. The van der Waals surface area contributed by atoms with Crippen LogP contribution in [0.4, 0.5) is 5.69 Å². The maximum Gasteiger partial charge on any atom is 0.142 e. The SMILES string of the molecule is Cc1nc(-c2ccccn2)sc1-c1ccc(N)cc1. The Bertz CT molecular complexity index is 687. The first kappa shape index (κ1) is 11.9. The summed E-state index contributed by atoms with van der Waals surface area (Å²) < 4.78 is 0. The van der Waals surface area contributed by atoms with E-state index in [-0.39, 0.29) is 0 Å². The Morgan fingerprint density at radius 1 is 1.05 bits per heavy atom. The van der Waals surface area contributed by atoms with E-state index < -0.39 is 0 Å². The van der Waals surface area contributed by atoms with Gasteiger partial charge < -0.3 is 5.73 Å². The maximum atomic E-state index is 5.72. The molecule has 1 aromatic carbocycles. The second-order valence-electron chi connectivity index (χ2n) is 4.27. The van der Waals surface area contributed by atoms with E-state index in [0.29, 0.717) is 0 Å². The third-order valence-electron chi connectivity index (χ3n) is 2.85. The van der Waals surface area contributed by atoms with Gasteiger partial charge in [0.2, 0.25) is 0 Å². The van der Waals surface area contributed by atoms with E-state index in [2.05, 4.69) is 9.97 Å². The largest absolute Gasteiger partial charge is 0.399 e. The fraction of sp³-hybridized carbons (Fsp3) is 0.0667. The molecular formula is C15H13N3S. The second kappa shape index (κ2) is 4.82. The van der Waals surface area contributed by atoms with E-state index in [1.165, 1.54) is 4.88 Å². The van der Waals surface area contributed by atoms with Crippen molar-refractivity contribution in [2.24, 2.45) is 0 Å². The van der Waals surface area contributed by atoms with Crippen LogP contribution in [0.3, 0.4) is 0 Å². The van der Waals surface area contributed by atoms with Crippen molar-refractivity contribution in [3.8, 4) is 21.1 Å². The highest BCUT2D eigenvalue weighted by atomic mass is 32.1. The molecule has 0 fully saturated rings. The van der Waals surface area contributed by atoms with Crippen molar-refractivity contribution in [3.63, 3.8) is 0 Å². The predicted molar refractivity (Wildman–Crippen MR) is 79.9 cm³/mol. The molecule has 0 saturated heterocycles. The molecule has 94 valence electrons. The lowest BCUT2D eigenvalue weighted by atomic mass is 10.1. The van der Waals surface area contributed by atoms with Crippen LogP contribution in [0.5, 0.6) is 0 Å². The minimum Gasteiger partial charge on any atom is -0.399 e.